The summed E-state index contributed by atoms with van der Waals surface area (Å²) in [4.78, 5) is 53.1. The summed E-state index contributed by atoms with van der Waals surface area (Å²) >= 11 is 16.7. The molecule has 0 aliphatic carbocycles. The molecule has 18 nitrogen and oxygen atoms in total. The van der Waals surface area contributed by atoms with Gasteiger partial charge in [0.1, 0.15) is 47.8 Å². The van der Waals surface area contributed by atoms with Crippen molar-refractivity contribution in [1.82, 2.24) is 34.1 Å². The summed E-state index contributed by atoms with van der Waals surface area (Å²) in [6, 6.07) is 0. The molecule has 45 heavy (non-hydrogen) atoms. The monoisotopic (exact) mass is 726 g/mol. The van der Waals surface area contributed by atoms with Crippen LogP contribution in [-0.4, -0.2) is 98.9 Å². The molecule has 242 valence electrons. The molecular weight excluding hydrogens is 705 g/mol. The summed E-state index contributed by atoms with van der Waals surface area (Å²) in [6.45, 7) is -9.69. The minimum Gasteiger partial charge on any atom is -0.387 e. The van der Waals surface area contributed by atoms with Crippen LogP contribution in [0.2, 0.25) is 5.02 Å². The number of hydrogen-bond acceptors (Lipinski definition) is 15. The van der Waals surface area contributed by atoms with Gasteiger partial charge in [-0.2, -0.15) is 0 Å². The summed E-state index contributed by atoms with van der Waals surface area (Å²) < 4.78 is 52.8. The van der Waals surface area contributed by atoms with E-state index in [0.717, 1.165) is 6.33 Å². The van der Waals surface area contributed by atoms with Crippen molar-refractivity contribution in [2.24, 2.45) is 0 Å². The van der Waals surface area contributed by atoms with Crippen molar-refractivity contribution in [2.75, 3.05) is 18.9 Å². The van der Waals surface area contributed by atoms with E-state index in [4.69, 9.17) is 68.5 Å². The molecule has 10 atom stereocenters. The zero-order chi connectivity index (χ0) is 31.8. The van der Waals surface area contributed by atoms with Gasteiger partial charge in [-0.05, 0) is 23.6 Å². The first kappa shape index (κ1) is 31.5. The molecule has 4 aromatic heterocycles. The van der Waals surface area contributed by atoms with Crippen molar-refractivity contribution in [2.45, 2.75) is 49.1 Å². The summed E-state index contributed by atoms with van der Waals surface area (Å²) in [5.41, 5.74) is 5.74. The minimum atomic E-state index is -4.26. The number of aromatic amines is 1. The van der Waals surface area contributed by atoms with Gasteiger partial charge in [0.15, 0.2) is 35.7 Å². The van der Waals surface area contributed by atoms with E-state index in [2.05, 4.69) is 24.9 Å². The number of ether oxygens (including phenoxy) is 2. The molecule has 0 aromatic carbocycles. The fraction of sp³-hybridized carbons (Fsp3) is 0.476. The average molecular weight is 727 g/mol. The molecule has 3 fully saturated rings. The van der Waals surface area contributed by atoms with Gasteiger partial charge in [-0.15, -0.1) is 0 Å². The zero-order valence-corrected chi connectivity index (χ0v) is 26.4. The highest BCUT2D eigenvalue weighted by molar-refractivity contribution is 8.07. The van der Waals surface area contributed by atoms with Crippen LogP contribution in [0.4, 0.5) is 10.2 Å². The topological polar surface area (TPSA) is 236 Å². The molecule has 3 aliphatic rings. The number of fused-ring (bicyclic) bond motifs is 5. The molecule has 4 aromatic rings. The first-order valence-corrected chi connectivity index (χ1v) is 18.5. The van der Waals surface area contributed by atoms with E-state index >= 15 is 4.39 Å². The molecule has 24 heteroatoms. The number of nitrogens with two attached hydrogens (primary N) is 1. The molecule has 3 saturated heterocycles. The van der Waals surface area contributed by atoms with Crippen LogP contribution < -0.4 is 11.3 Å². The van der Waals surface area contributed by atoms with Crippen LogP contribution in [-0.2, 0) is 51.2 Å². The zero-order valence-electron chi connectivity index (χ0n) is 22.3. The maximum absolute atomic E-state index is 16.0. The van der Waals surface area contributed by atoms with Gasteiger partial charge in [0.25, 0.3) is 5.56 Å². The van der Waals surface area contributed by atoms with E-state index in [9.17, 15) is 19.7 Å². The van der Waals surface area contributed by atoms with Crippen LogP contribution in [0.5, 0.6) is 0 Å². The fourth-order valence-electron chi connectivity index (χ4n) is 5.37. The van der Waals surface area contributed by atoms with E-state index in [-0.39, 0.29) is 33.0 Å². The van der Waals surface area contributed by atoms with Crippen molar-refractivity contribution in [1.29, 1.82) is 0 Å². The number of alkyl halides is 1. The number of nitrogens with zero attached hydrogens (tertiary/aromatic N) is 6. The number of nitrogens with one attached hydrogen (secondary N) is 1. The van der Waals surface area contributed by atoms with Crippen molar-refractivity contribution in [3.05, 3.63) is 40.6 Å². The Kier molecular flexibility index (Phi) is 8.10. The van der Waals surface area contributed by atoms with Crippen molar-refractivity contribution < 1.29 is 46.9 Å². The Morgan fingerprint density at radius 1 is 1.00 bits per heavy atom. The quantitative estimate of drug-likeness (QED) is 0.177. The number of hydrogen-bond donors (Lipinski definition) is 5. The normalized spacial score (nSPS) is 37.7. The van der Waals surface area contributed by atoms with E-state index in [1.54, 1.807) is 0 Å². The molecular formula is C21H22ClFN8O10P2S2. The number of halogens is 2. The second kappa shape index (κ2) is 11.6. The molecule has 7 heterocycles. The van der Waals surface area contributed by atoms with Crippen molar-refractivity contribution in [3.8, 4) is 0 Å². The number of imidazole rings is 1. The largest absolute Gasteiger partial charge is 0.387 e. The average Bonchev–Trinajstić information content (AvgIpc) is 3.71. The minimum absolute atomic E-state index is 0.0174. The second-order valence-corrected chi connectivity index (χ2v) is 16.1. The summed E-state index contributed by atoms with van der Waals surface area (Å²) in [6.07, 6.45) is -7.00. The summed E-state index contributed by atoms with van der Waals surface area (Å²) in [7, 11) is 0. The standard InChI is InChI=1S/C21H22ClFN8O10P2S2/c22-7-1-30(17-10(7)19(33)28-5-26-17)21-15-13(32)8(38-21)2-36-42(34,44)40-14-9(3-37-43(35,45)41-15)39-20(11(14)23)31-6-29-12-16(24)25-4-27-18(12)31/h1,4-6,8-9,11,13-15,20-21,32H,2-3H2,(H,34,44)(H,35,45)(H2,24,25,27)(H,26,28,33)/t8-,9-,11-,13-,14-,15-,20-,21-,42?,43?/m1/s1. The maximum atomic E-state index is 16.0. The number of nitrogen functional groups attached to an aromatic ring is 1. The van der Waals surface area contributed by atoms with Crippen LogP contribution in [0.15, 0.2) is 30.0 Å². The third-order valence-corrected chi connectivity index (χ3v) is 10.8. The SMILES string of the molecule is Nc1ncnc2c1ncn2[C@@H]1O[C@@H]2COP(O)(=S)O[C@@H]3[C@H](O)[C@@H](COP(O)(=S)O[C@H]2[C@H]1F)O[C@H]3n1cc(Cl)c2c(=O)[nH]cnc21. The Labute approximate surface area is 265 Å². The van der Waals surface area contributed by atoms with Crippen LogP contribution in [0.25, 0.3) is 22.2 Å². The Morgan fingerprint density at radius 2 is 1.69 bits per heavy atom. The predicted octanol–water partition coefficient (Wildman–Crippen LogP) is 0.545. The number of H-pyrrole nitrogens is 1. The molecule has 6 N–H and O–H groups in total. The lowest BCUT2D eigenvalue weighted by molar-refractivity contribution is -0.0601. The van der Waals surface area contributed by atoms with E-state index < -0.39 is 81.4 Å². The number of aliphatic hydroxyl groups excluding tert-OH is 1. The number of aliphatic hydroxyl groups is 1. The number of aromatic nitrogens is 7. The first-order chi connectivity index (χ1) is 21.3. The highest BCUT2D eigenvalue weighted by Crippen LogP contribution is 2.54. The van der Waals surface area contributed by atoms with Gasteiger partial charge in [-0.25, -0.2) is 24.3 Å². The van der Waals surface area contributed by atoms with Crippen LogP contribution in [0.1, 0.15) is 12.5 Å². The molecule has 7 rings (SSSR count). The lowest BCUT2D eigenvalue weighted by Gasteiger charge is -2.28. The van der Waals surface area contributed by atoms with E-state index in [1.165, 1.54) is 28.0 Å². The third-order valence-electron chi connectivity index (χ3n) is 7.40. The van der Waals surface area contributed by atoms with Crippen molar-refractivity contribution >= 4 is 76.7 Å². The Balaban J connectivity index is 1.21. The maximum Gasteiger partial charge on any atom is 0.325 e. The summed E-state index contributed by atoms with van der Waals surface area (Å²) in [5, 5.41) is 11.2. The molecule has 0 radical (unpaired) electrons. The molecule has 0 saturated carbocycles. The molecule has 0 amide bonds. The molecule has 3 aliphatic heterocycles. The molecule has 2 unspecified atom stereocenters. The smallest absolute Gasteiger partial charge is 0.325 e. The number of anilines is 1. The van der Waals surface area contributed by atoms with Gasteiger partial charge in [0.05, 0.1) is 30.9 Å². The second-order valence-electron chi connectivity index (χ2n) is 10.1. The lowest BCUT2D eigenvalue weighted by Crippen LogP contribution is -2.35. The van der Waals surface area contributed by atoms with Crippen LogP contribution in [0, 0.1) is 0 Å². The Hall–Kier alpha value is -2.07. The predicted molar refractivity (Wildman–Crippen MR) is 158 cm³/mol. The first-order valence-electron chi connectivity index (χ1n) is 12.9. The van der Waals surface area contributed by atoms with Gasteiger partial charge in [0.2, 0.25) is 0 Å². The van der Waals surface area contributed by atoms with E-state index in [0.29, 0.717) is 0 Å². The lowest BCUT2D eigenvalue weighted by atomic mass is 10.1. The van der Waals surface area contributed by atoms with Crippen molar-refractivity contribution in [3.63, 3.8) is 0 Å². The van der Waals surface area contributed by atoms with Gasteiger partial charge in [-0.3, -0.25) is 18.4 Å². The van der Waals surface area contributed by atoms with Gasteiger partial charge < -0.3 is 48.7 Å². The summed E-state index contributed by atoms with van der Waals surface area (Å²) in [5.74, 6) is 0.0572. The van der Waals surface area contributed by atoms with Gasteiger partial charge in [-0.1, -0.05) is 11.6 Å². The highest BCUT2D eigenvalue weighted by Gasteiger charge is 2.53. The van der Waals surface area contributed by atoms with Gasteiger partial charge >= 0.3 is 13.4 Å². The highest BCUT2D eigenvalue weighted by atomic mass is 35.5. The van der Waals surface area contributed by atoms with Gasteiger partial charge in [0, 0.05) is 6.20 Å². The Morgan fingerprint density at radius 3 is 2.44 bits per heavy atom. The molecule has 0 spiro atoms. The van der Waals surface area contributed by atoms with Crippen LogP contribution in [0.3, 0.4) is 0 Å². The third kappa shape index (κ3) is 5.63. The number of rotatable bonds is 2. The van der Waals surface area contributed by atoms with Crippen LogP contribution >= 0.6 is 25.0 Å². The fourth-order valence-corrected chi connectivity index (χ4v) is 8.50. The van der Waals surface area contributed by atoms with E-state index in [1.807, 2.05) is 0 Å². The Bertz CT molecular complexity index is 1950. The molecule has 2 bridgehead atoms.